The highest BCUT2D eigenvalue weighted by Gasteiger charge is 2.53. The summed E-state index contributed by atoms with van der Waals surface area (Å²) in [6, 6.07) is 8.22. The molecule has 0 atom stereocenters. The predicted octanol–water partition coefficient (Wildman–Crippen LogP) is 4.83. The van der Waals surface area contributed by atoms with E-state index in [4.69, 9.17) is 9.31 Å². The number of rotatable bonds is 3. The molecule has 0 spiro atoms. The normalized spacial score (nSPS) is 19.3. The molecule has 1 fully saturated rings. The maximum absolute atomic E-state index is 14.5. The quantitative estimate of drug-likeness (QED) is 0.748. The van der Waals surface area contributed by atoms with Gasteiger partial charge in [0.15, 0.2) is 0 Å². The van der Waals surface area contributed by atoms with Crippen LogP contribution in [0.3, 0.4) is 0 Å². The van der Waals surface area contributed by atoms with Crippen LogP contribution in [0.15, 0.2) is 48.5 Å². The zero-order chi connectivity index (χ0) is 18.2. The molecule has 0 N–H and O–H groups in total. The van der Waals surface area contributed by atoms with E-state index in [1.54, 1.807) is 30.6 Å². The topological polar surface area (TPSA) is 31.4 Å². The Morgan fingerprint density at radius 1 is 1.00 bits per heavy atom. The van der Waals surface area contributed by atoms with Gasteiger partial charge in [0.25, 0.3) is 0 Å². The van der Waals surface area contributed by atoms with E-state index in [1.165, 1.54) is 12.1 Å². The molecule has 130 valence electrons. The standard InChI is InChI=1S/C19H20BF2NO2/c1-18(2)19(3,4)25-20(24-18)17(22)12-15-6-5-14(11-16(15)21)13-7-9-23-10-8-13/h5-12H,1-4H3. The predicted molar refractivity (Wildman–Crippen MR) is 94.8 cm³/mol. The van der Waals surface area contributed by atoms with Crippen molar-refractivity contribution in [2.45, 2.75) is 38.9 Å². The summed E-state index contributed by atoms with van der Waals surface area (Å²) in [5, 5.41) is 0. The molecule has 1 aliphatic rings. The molecule has 1 aromatic heterocycles. The highest BCUT2D eigenvalue weighted by molar-refractivity contribution is 6.54. The molecule has 1 saturated heterocycles. The molecule has 0 unspecified atom stereocenters. The van der Waals surface area contributed by atoms with Crippen molar-refractivity contribution >= 4 is 13.2 Å². The average Bonchev–Trinajstić information content (AvgIpc) is 2.78. The number of pyridine rings is 1. The van der Waals surface area contributed by atoms with E-state index in [0.717, 1.165) is 11.6 Å². The fourth-order valence-electron chi connectivity index (χ4n) is 2.54. The van der Waals surface area contributed by atoms with Crippen LogP contribution >= 0.6 is 0 Å². The first-order chi connectivity index (χ1) is 11.7. The van der Waals surface area contributed by atoms with Crippen LogP contribution in [0, 0.1) is 5.82 Å². The minimum Gasteiger partial charge on any atom is -0.398 e. The van der Waals surface area contributed by atoms with Crippen molar-refractivity contribution in [1.82, 2.24) is 4.98 Å². The molecule has 1 aromatic carbocycles. The average molecular weight is 343 g/mol. The van der Waals surface area contributed by atoms with Crippen LogP contribution in [0.25, 0.3) is 17.2 Å². The van der Waals surface area contributed by atoms with Gasteiger partial charge in [-0.3, -0.25) is 4.98 Å². The van der Waals surface area contributed by atoms with Gasteiger partial charge in [0.2, 0.25) is 0 Å². The summed E-state index contributed by atoms with van der Waals surface area (Å²) in [4.78, 5) is 3.94. The van der Waals surface area contributed by atoms with Crippen LogP contribution in [0.2, 0.25) is 0 Å². The van der Waals surface area contributed by atoms with Gasteiger partial charge in [-0.2, -0.15) is 0 Å². The zero-order valence-electron chi connectivity index (χ0n) is 14.7. The molecule has 0 bridgehead atoms. The SMILES string of the molecule is CC1(C)OB(C(F)=Cc2ccc(-c3ccncc3)cc2F)OC1(C)C. The summed E-state index contributed by atoms with van der Waals surface area (Å²) < 4.78 is 40.2. The van der Waals surface area contributed by atoms with Gasteiger partial charge in [0.05, 0.1) is 11.2 Å². The van der Waals surface area contributed by atoms with Crippen molar-refractivity contribution in [2.75, 3.05) is 0 Å². The number of benzene rings is 1. The first-order valence-electron chi connectivity index (χ1n) is 8.12. The third-order valence-corrected chi connectivity index (χ3v) is 4.79. The van der Waals surface area contributed by atoms with E-state index in [1.807, 2.05) is 27.7 Å². The highest BCUT2D eigenvalue weighted by atomic mass is 19.1. The van der Waals surface area contributed by atoms with Crippen LogP contribution < -0.4 is 0 Å². The molecule has 2 heterocycles. The minimum atomic E-state index is -1.13. The highest BCUT2D eigenvalue weighted by Crippen LogP contribution is 2.39. The summed E-state index contributed by atoms with van der Waals surface area (Å²) in [6.07, 6.45) is 4.39. The van der Waals surface area contributed by atoms with Crippen LogP contribution in [-0.4, -0.2) is 23.3 Å². The zero-order valence-corrected chi connectivity index (χ0v) is 14.7. The second-order valence-electron chi connectivity index (χ2n) is 7.09. The minimum absolute atomic E-state index is 0.144. The maximum atomic E-state index is 14.5. The van der Waals surface area contributed by atoms with E-state index < -0.39 is 29.9 Å². The molecular weight excluding hydrogens is 323 g/mol. The molecule has 3 rings (SSSR count). The van der Waals surface area contributed by atoms with E-state index in [-0.39, 0.29) is 5.56 Å². The summed E-state index contributed by atoms with van der Waals surface area (Å²) in [5.41, 5.74) is -0.262. The second kappa shape index (κ2) is 6.35. The lowest BCUT2D eigenvalue weighted by atomic mass is 9.86. The van der Waals surface area contributed by atoms with Crippen molar-refractivity contribution in [3.05, 3.63) is 59.8 Å². The fourth-order valence-corrected chi connectivity index (χ4v) is 2.54. The van der Waals surface area contributed by atoms with Crippen LogP contribution in [-0.2, 0) is 9.31 Å². The Morgan fingerprint density at radius 2 is 1.60 bits per heavy atom. The molecule has 0 saturated carbocycles. The smallest absolute Gasteiger partial charge is 0.398 e. The Kier molecular flexibility index (Phi) is 4.52. The molecule has 1 aliphatic heterocycles. The van der Waals surface area contributed by atoms with Crippen LogP contribution in [0.5, 0.6) is 0 Å². The summed E-state index contributed by atoms with van der Waals surface area (Å²) in [7, 11) is -1.13. The lowest BCUT2D eigenvalue weighted by molar-refractivity contribution is 0.00578. The molecule has 3 nitrogen and oxygen atoms in total. The Morgan fingerprint density at radius 3 is 2.16 bits per heavy atom. The van der Waals surface area contributed by atoms with Crippen LogP contribution in [0.4, 0.5) is 8.78 Å². The monoisotopic (exact) mass is 343 g/mol. The number of hydrogen-bond acceptors (Lipinski definition) is 3. The number of halogens is 2. The van der Waals surface area contributed by atoms with E-state index in [2.05, 4.69) is 4.98 Å². The molecule has 25 heavy (non-hydrogen) atoms. The Labute approximate surface area is 146 Å². The molecule has 0 radical (unpaired) electrons. The third-order valence-electron chi connectivity index (χ3n) is 4.79. The van der Waals surface area contributed by atoms with Crippen LogP contribution in [0.1, 0.15) is 33.3 Å². The molecular formula is C19H20BF2NO2. The summed E-state index contributed by atoms with van der Waals surface area (Å²) in [6.45, 7) is 7.35. The molecule has 0 aliphatic carbocycles. The lowest BCUT2D eigenvalue weighted by Crippen LogP contribution is -2.41. The van der Waals surface area contributed by atoms with Gasteiger partial charge in [0, 0.05) is 18.0 Å². The number of nitrogens with zero attached hydrogens (tertiary/aromatic N) is 1. The second-order valence-corrected chi connectivity index (χ2v) is 7.09. The maximum Gasteiger partial charge on any atom is 0.525 e. The van der Waals surface area contributed by atoms with Gasteiger partial charge >= 0.3 is 7.12 Å². The Balaban J connectivity index is 1.84. The van der Waals surface area contributed by atoms with Gasteiger partial charge in [-0.25, -0.2) is 8.78 Å². The number of hydrogen-bond donors (Lipinski definition) is 0. The van der Waals surface area contributed by atoms with Gasteiger partial charge < -0.3 is 9.31 Å². The Hall–Kier alpha value is -2.05. The largest absolute Gasteiger partial charge is 0.525 e. The molecule has 2 aromatic rings. The summed E-state index contributed by atoms with van der Waals surface area (Å²) >= 11 is 0. The first kappa shape index (κ1) is 17.8. The number of aromatic nitrogens is 1. The van der Waals surface area contributed by atoms with Gasteiger partial charge in [-0.1, -0.05) is 12.1 Å². The third kappa shape index (κ3) is 3.50. The van der Waals surface area contributed by atoms with E-state index in [9.17, 15) is 8.78 Å². The van der Waals surface area contributed by atoms with Crippen molar-refractivity contribution < 1.29 is 18.1 Å². The van der Waals surface area contributed by atoms with E-state index in [0.29, 0.717) is 5.56 Å². The fraction of sp³-hybridized carbons (Fsp3) is 0.316. The molecule has 0 amide bonds. The molecule has 6 heteroatoms. The van der Waals surface area contributed by atoms with Gasteiger partial charge in [0.1, 0.15) is 11.5 Å². The van der Waals surface area contributed by atoms with E-state index >= 15 is 0 Å². The first-order valence-corrected chi connectivity index (χ1v) is 8.12. The Bertz CT molecular complexity index is 790. The lowest BCUT2D eigenvalue weighted by Gasteiger charge is -2.32. The van der Waals surface area contributed by atoms with Crippen molar-refractivity contribution in [2.24, 2.45) is 0 Å². The van der Waals surface area contributed by atoms with Gasteiger partial charge in [-0.15, -0.1) is 0 Å². The van der Waals surface area contributed by atoms with Gasteiger partial charge in [-0.05, 0) is 63.1 Å². The van der Waals surface area contributed by atoms with Crippen molar-refractivity contribution in [3.63, 3.8) is 0 Å². The van der Waals surface area contributed by atoms with Crippen molar-refractivity contribution in [3.8, 4) is 11.1 Å². The summed E-state index contributed by atoms with van der Waals surface area (Å²) in [5.74, 6) is -0.513. The van der Waals surface area contributed by atoms with Crippen molar-refractivity contribution in [1.29, 1.82) is 0 Å².